The molecule has 0 atom stereocenters. The summed E-state index contributed by atoms with van der Waals surface area (Å²) in [5, 5.41) is 0. The summed E-state index contributed by atoms with van der Waals surface area (Å²) in [5.74, 6) is 0.278. The molecule has 74 valence electrons. The zero-order valence-corrected chi connectivity index (χ0v) is 8.64. The molecule has 0 aliphatic heterocycles. The molecule has 0 fully saturated rings. The van der Waals surface area contributed by atoms with Crippen molar-refractivity contribution in [2.45, 2.75) is 58.3 Å². The fourth-order valence-corrected chi connectivity index (χ4v) is 1.87. The molecule has 1 rings (SSSR count). The highest BCUT2D eigenvalue weighted by Gasteiger charge is 2.04. The van der Waals surface area contributed by atoms with E-state index >= 15 is 0 Å². The van der Waals surface area contributed by atoms with Gasteiger partial charge in [-0.15, -0.1) is 0 Å². The summed E-state index contributed by atoms with van der Waals surface area (Å²) in [7, 11) is 0. The maximum Gasteiger partial charge on any atom is 0.155 e. The monoisotopic (exact) mass is 180 g/mol. The summed E-state index contributed by atoms with van der Waals surface area (Å²) in [4.78, 5) is 11.2. The number of Topliss-reactive ketones (excluding diaryl/α,β-unsaturated/α-hetero) is 1. The van der Waals surface area contributed by atoms with Gasteiger partial charge in [0.2, 0.25) is 0 Å². The molecule has 1 nitrogen and oxygen atoms in total. The molecule has 0 bridgehead atoms. The van der Waals surface area contributed by atoms with Gasteiger partial charge in [-0.05, 0) is 38.2 Å². The van der Waals surface area contributed by atoms with Crippen LogP contribution in [0.15, 0.2) is 11.6 Å². The molecule has 1 aliphatic carbocycles. The van der Waals surface area contributed by atoms with Crippen LogP contribution >= 0.6 is 0 Å². The van der Waals surface area contributed by atoms with Crippen LogP contribution in [0.25, 0.3) is 0 Å². The Balaban J connectivity index is 2.47. The maximum absolute atomic E-state index is 11.2. The third-order valence-electron chi connectivity index (χ3n) is 2.74. The molecule has 0 spiro atoms. The Bertz CT molecular complexity index is 191. The van der Waals surface area contributed by atoms with Crippen LogP contribution in [0.4, 0.5) is 0 Å². The van der Waals surface area contributed by atoms with E-state index in [1.54, 1.807) is 6.92 Å². The number of ketones is 1. The van der Waals surface area contributed by atoms with Gasteiger partial charge in [0.05, 0.1) is 0 Å². The second kappa shape index (κ2) is 5.95. The average molecular weight is 180 g/mol. The van der Waals surface area contributed by atoms with Crippen LogP contribution in [-0.2, 0) is 4.79 Å². The van der Waals surface area contributed by atoms with Gasteiger partial charge in [0, 0.05) is 0 Å². The van der Waals surface area contributed by atoms with Gasteiger partial charge in [-0.2, -0.15) is 0 Å². The van der Waals surface area contributed by atoms with E-state index in [1.807, 2.05) is 0 Å². The number of rotatable bonds is 1. The summed E-state index contributed by atoms with van der Waals surface area (Å²) in [5.41, 5.74) is 1.07. The summed E-state index contributed by atoms with van der Waals surface area (Å²) in [6, 6.07) is 0. The standard InChI is InChI=1S/C12H20O/c1-11(13)12-9-7-5-3-2-4-6-8-10-12/h9H,2-8,10H2,1H3/b12-9+. The SMILES string of the molecule is CC(=O)/C1=C/CCCCCCCC1. The van der Waals surface area contributed by atoms with Crippen LogP contribution in [0.5, 0.6) is 0 Å². The molecular weight excluding hydrogens is 160 g/mol. The quantitative estimate of drug-likeness (QED) is 0.602. The van der Waals surface area contributed by atoms with Crippen LogP contribution in [0, 0.1) is 0 Å². The minimum atomic E-state index is 0.278. The van der Waals surface area contributed by atoms with Crippen LogP contribution in [0.1, 0.15) is 58.3 Å². The summed E-state index contributed by atoms with van der Waals surface area (Å²) < 4.78 is 0. The van der Waals surface area contributed by atoms with Gasteiger partial charge in [-0.1, -0.05) is 31.8 Å². The van der Waals surface area contributed by atoms with Crippen LogP contribution in [-0.4, -0.2) is 5.78 Å². The van der Waals surface area contributed by atoms with Gasteiger partial charge in [0.15, 0.2) is 5.78 Å². The van der Waals surface area contributed by atoms with E-state index in [0.29, 0.717) is 0 Å². The smallest absolute Gasteiger partial charge is 0.155 e. The molecule has 1 heteroatoms. The largest absolute Gasteiger partial charge is 0.295 e. The van der Waals surface area contributed by atoms with E-state index in [-0.39, 0.29) is 5.78 Å². The van der Waals surface area contributed by atoms with Crippen molar-refractivity contribution in [3.05, 3.63) is 11.6 Å². The predicted molar refractivity (Wildman–Crippen MR) is 55.7 cm³/mol. The fourth-order valence-electron chi connectivity index (χ4n) is 1.87. The Morgan fingerprint density at radius 3 is 2.38 bits per heavy atom. The number of carbonyl (C=O) groups is 1. The highest BCUT2D eigenvalue weighted by molar-refractivity contribution is 5.93. The average Bonchev–Trinajstić information content (AvgIpc) is 2.14. The number of allylic oxidation sites excluding steroid dienone is 2. The number of hydrogen-bond donors (Lipinski definition) is 0. The molecule has 0 N–H and O–H groups in total. The van der Waals surface area contributed by atoms with Gasteiger partial charge < -0.3 is 0 Å². The Hall–Kier alpha value is -0.590. The van der Waals surface area contributed by atoms with E-state index in [1.165, 1.54) is 38.5 Å². The normalized spacial score (nSPS) is 24.5. The molecule has 0 radical (unpaired) electrons. The highest BCUT2D eigenvalue weighted by Crippen LogP contribution is 2.17. The Labute approximate surface area is 81.2 Å². The number of hydrogen-bond acceptors (Lipinski definition) is 1. The van der Waals surface area contributed by atoms with Gasteiger partial charge >= 0.3 is 0 Å². The Morgan fingerprint density at radius 1 is 1.08 bits per heavy atom. The van der Waals surface area contributed by atoms with Crippen molar-refractivity contribution in [2.75, 3.05) is 0 Å². The first kappa shape index (κ1) is 10.5. The van der Waals surface area contributed by atoms with E-state index < -0.39 is 0 Å². The van der Waals surface area contributed by atoms with Crippen molar-refractivity contribution in [3.8, 4) is 0 Å². The van der Waals surface area contributed by atoms with Crippen LogP contribution in [0.3, 0.4) is 0 Å². The van der Waals surface area contributed by atoms with Crippen molar-refractivity contribution in [1.82, 2.24) is 0 Å². The van der Waals surface area contributed by atoms with Crippen LogP contribution < -0.4 is 0 Å². The summed E-state index contributed by atoms with van der Waals surface area (Å²) >= 11 is 0. The first-order valence-electron chi connectivity index (χ1n) is 5.50. The van der Waals surface area contributed by atoms with Crippen molar-refractivity contribution in [3.63, 3.8) is 0 Å². The molecular formula is C12H20O. The molecule has 0 saturated heterocycles. The lowest BCUT2D eigenvalue weighted by Crippen LogP contribution is -1.98. The molecule has 0 amide bonds. The Morgan fingerprint density at radius 2 is 1.69 bits per heavy atom. The summed E-state index contributed by atoms with van der Waals surface area (Å²) in [6.07, 6.45) is 12.1. The van der Waals surface area contributed by atoms with E-state index in [4.69, 9.17) is 0 Å². The second-order valence-electron chi connectivity index (χ2n) is 3.95. The van der Waals surface area contributed by atoms with Gasteiger partial charge in [0.25, 0.3) is 0 Å². The van der Waals surface area contributed by atoms with E-state index in [2.05, 4.69) is 6.08 Å². The first-order chi connectivity index (χ1) is 6.30. The highest BCUT2D eigenvalue weighted by atomic mass is 16.1. The lowest BCUT2D eigenvalue weighted by molar-refractivity contribution is -0.113. The molecule has 0 unspecified atom stereocenters. The topological polar surface area (TPSA) is 17.1 Å². The second-order valence-corrected chi connectivity index (χ2v) is 3.95. The Kier molecular flexibility index (Phi) is 4.81. The zero-order chi connectivity index (χ0) is 9.52. The van der Waals surface area contributed by atoms with Gasteiger partial charge in [-0.3, -0.25) is 4.79 Å². The minimum Gasteiger partial charge on any atom is -0.295 e. The maximum atomic E-state index is 11.2. The van der Waals surface area contributed by atoms with Crippen molar-refractivity contribution >= 4 is 5.78 Å². The molecule has 13 heavy (non-hydrogen) atoms. The van der Waals surface area contributed by atoms with E-state index in [9.17, 15) is 4.79 Å². The molecule has 0 heterocycles. The first-order valence-corrected chi connectivity index (χ1v) is 5.50. The van der Waals surface area contributed by atoms with Gasteiger partial charge in [-0.25, -0.2) is 0 Å². The lowest BCUT2D eigenvalue weighted by Gasteiger charge is -2.07. The molecule has 0 aromatic carbocycles. The zero-order valence-electron chi connectivity index (χ0n) is 8.64. The van der Waals surface area contributed by atoms with Crippen molar-refractivity contribution in [1.29, 1.82) is 0 Å². The minimum absolute atomic E-state index is 0.278. The van der Waals surface area contributed by atoms with Crippen molar-refractivity contribution < 1.29 is 4.79 Å². The third kappa shape index (κ3) is 4.25. The predicted octanol–water partition coefficient (Wildman–Crippen LogP) is 3.64. The van der Waals surface area contributed by atoms with Crippen molar-refractivity contribution in [2.24, 2.45) is 0 Å². The molecule has 0 saturated carbocycles. The van der Waals surface area contributed by atoms with Gasteiger partial charge in [0.1, 0.15) is 0 Å². The molecule has 0 aromatic rings. The van der Waals surface area contributed by atoms with Crippen LogP contribution in [0.2, 0.25) is 0 Å². The van der Waals surface area contributed by atoms with E-state index in [0.717, 1.165) is 18.4 Å². The molecule has 1 aliphatic rings. The fraction of sp³-hybridized carbons (Fsp3) is 0.750. The number of carbonyl (C=O) groups excluding carboxylic acids is 1. The third-order valence-corrected chi connectivity index (χ3v) is 2.74. The summed E-state index contributed by atoms with van der Waals surface area (Å²) in [6.45, 7) is 1.69. The lowest BCUT2D eigenvalue weighted by atomic mass is 9.98. The molecule has 0 aromatic heterocycles.